The molecule has 0 aromatic heterocycles. The molecule has 2 aromatic carbocycles. The van der Waals surface area contributed by atoms with Gasteiger partial charge in [0, 0.05) is 11.8 Å². The predicted octanol–water partition coefficient (Wildman–Crippen LogP) is 4.70. The van der Waals surface area contributed by atoms with Crippen molar-refractivity contribution >= 4 is 11.9 Å². The number of benzene rings is 2. The van der Waals surface area contributed by atoms with Crippen LogP contribution in [-0.4, -0.2) is 36.4 Å². The second-order valence-electron chi connectivity index (χ2n) is 9.77. The van der Waals surface area contributed by atoms with Crippen LogP contribution in [0.25, 0.3) is 0 Å². The molecule has 4 atom stereocenters. The van der Waals surface area contributed by atoms with Crippen molar-refractivity contribution in [1.82, 2.24) is 0 Å². The lowest BCUT2D eigenvalue weighted by atomic mass is 9.48. The Kier molecular flexibility index (Phi) is 5.77. The fourth-order valence-electron chi connectivity index (χ4n) is 6.74. The van der Waals surface area contributed by atoms with Crippen LogP contribution in [0.5, 0.6) is 0 Å². The summed E-state index contributed by atoms with van der Waals surface area (Å²) in [6.07, 6.45) is 3.59. The van der Waals surface area contributed by atoms with Gasteiger partial charge < -0.3 is 14.6 Å². The maximum Gasteiger partial charge on any atom is 0.313 e. The number of aliphatic hydroxyl groups is 1. The number of hydrogen-bond donors (Lipinski definition) is 1. The summed E-state index contributed by atoms with van der Waals surface area (Å²) in [7, 11) is 1.37. The third kappa shape index (κ3) is 3.23. The molecule has 2 bridgehead atoms. The Balaban J connectivity index is 1.60. The number of methoxy groups -OCH3 is 1. The molecule has 1 fully saturated rings. The molecule has 6 rings (SSSR count). The molecular weight excluding hydrogens is 416 g/mol. The van der Waals surface area contributed by atoms with E-state index in [-0.39, 0.29) is 11.8 Å². The minimum Gasteiger partial charge on any atom is -0.469 e. The summed E-state index contributed by atoms with van der Waals surface area (Å²) in [5.41, 5.74) is 3.28. The van der Waals surface area contributed by atoms with E-state index in [1.165, 1.54) is 18.2 Å². The third-order valence-electron chi connectivity index (χ3n) is 8.13. The Morgan fingerprint density at radius 2 is 1.64 bits per heavy atom. The summed E-state index contributed by atoms with van der Waals surface area (Å²) in [6.45, 7) is 2.15. The molecule has 1 saturated heterocycles. The van der Waals surface area contributed by atoms with Gasteiger partial charge in [0.05, 0.1) is 12.5 Å². The second kappa shape index (κ2) is 8.60. The highest BCUT2D eigenvalue weighted by Crippen LogP contribution is 2.65. The molecule has 4 aliphatic rings. The van der Waals surface area contributed by atoms with Gasteiger partial charge in [0.15, 0.2) is 0 Å². The zero-order valence-corrected chi connectivity index (χ0v) is 19.3. The minimum absolute atomic E-state index is 0.0369. The molecule has 0 amide bonds. The molecule has 1 heterocycles. The van der Waals surface area contributed by atoms with E-state index in [0.717, 1.165) is 36.8 Å². The minimum atomic E-state index is -1.20. The van der Waals surface area contributed by atoms with E-state index >= 15 is 0 Å². The van der Waals surface area contributed by atoms with Crippen LogP contribution in [0, 0.1) is 11.3 Å². The number of cyclic esters (lactones) is 1. The summed E-state index contributed by atoms with van der Waals surface area (Å²) in [6, 6.07) is 16.3. The van der Waals surface area contributed by atoms with E-state index in [2.05, 4.69) is 31.2 Å². The summed E-state index contributed by atoms with van der Waals surface area (Å²) < 4.78 is 11.1. The maximum absolute atomic E-state index is 13.6. The van der Waals surface area contributed by atoms with Crippen LogP contribution in [0.2, 0.25) is 0 Å². The number of rotatable bonds is 7. The van der Waals surface area contributed by atoms with Crippen LogP contribution in [-0.2, 0) is 19.1 Å². The first kappa shape index (κ1) is 22.1. The molecule has 3 aliphatic carbocycles. The van der Waals surface area contributed by atoms with E-state index in [1.54, 1.807) is 0 Å². The number of fused-ring (bicyclic) bond motifs is 1. The predicted molar refractivity (Wildman–Crippen MR) is 124 cm³/mol. The van der Waals surface area contributed by atoms with E-state index in [4.69, 9.17) is 9.47 Å². The van der Waals surface area contributed by atoms with Crippen molar-refractivity contribution in [2.24, 2.45) is 11.3 Å². The lowest BCUT2D eigenvalue weighted by molar-refractivity contribution is -0.168. The van der Waals surface area contributed by atoms with Gasteiger partial charge in [-0.2, -0.15) is 0 Å². The molecular formula is C28H32O5. The van der Waals surface area contributed by atoms with Gasteiger partial charge in [0.2, 0.25) is 0 Å². The highest BCUT2D eigenvalue weighted by molar-refractivity contribution is 5.90. The van der Waals surface area contributed by atoms with Crippen molar-refractivity contribution in [2.75, 3.05) is 7.11 Å². The fourth-order valence-corrected chi connectivity index (χ4v) is 6.74. The maximum atomic E-state index is 13.6. The van der Waals surface area contributed by atoms with Gasteiger partial charge in [-0.25, -0.2) is 0 Å². The average molecular weight is 449 g/mol. The van der Waals surface area contributed by atoms with Gasteiger partial charge in [0.25, 0.3) is 0 Å². The molecule has 5 nitrogen and oxygen atoms in total. The van der Waals surface area contributed by atoms with Gasteiger partial charge >= 0.3 is 11.9 Å². The lowest BCUT2D eigenvalue weighted by Gasteiger charge is -2.53. The van der Waals surface area contributed by atoms with Gasteiger partial charge in [-0.3, -0.25) is 9.59 Å². The molecule has 0 radical (unpaired) electrons. The largest absolute Gasteiger partial charge is 0.469 e. The first-order chi connectivity index (χ1) is 16.0. The molecule has 2 aromatic rings. The van der Waals surface area contributed by atoms with Crippen LogP contribution < -0.4 is 0 Å². The Bertz CT molecular complexity index is 1010. The van der Waals surface area contributed by atoms with Crippen LogP contribution in [0.1, 0.15) is 79.5 Å². The van der Waals surface area contributed by atoms with Crippen molar-refractivity contribution in [2.45, 2.75) is 69.5 Å². The first-order valence-electron chi connectivity index (χ1n) is 12.2. The molecule has 1 N–H and O–H groups in total. The zero-order valence-electron chi connectivity index (χ0n) is 19.3. The number of ether oxygens (including phenoxy) is 2. The molecule has 174 valence electrons. The monoisotopic (exact) mass is 448 g/mol. The van der Waals surface area contributed by atoms with Gasteiger partial charge in [-0.1, -0.05) is 74.7 Å². The zero-order chi connectivity index (χ0) is 23.2. The number of aliphatic hydroxyl groups excluding tert-OH is 1. The summed E-state index contributed by atoms with van der Waals surface area (Å²) in [4.78, 5) is 27.0. The van der Waals surface area contributed by atoms with E-state index in [9.17, 15) is 14.7 Å². The summed E-state index contributed by atoms with van der Waals surface area (Å²) in [5.74, 6) is -2.26. The third-order valence-corrected chi connectivity index (χ3v) is 8.13. The van der Waals surface area contributed by atoms with Crippen molar-refractivity contribution in [1.29, 1.82) is 0 Å². The number of hydrogen-bond acceptors (Lipinski definition) is 5. The molecule has 1 aliphatic heterocycles. The smallest absolute Gasteiger partial charge is 0.313 e. The van der Waals surface area contributed by atoms with Gasteiger partial charge in [-0.05, 0) is 41.5 Å². The Labute approximate surface area is 195 Å². The van der Waals surface area contributed by atoms with E-state index in [1.807, 2.05) is 24.3 Å². The van der Waals surface area contributed by atoms with Gasteiger partial charge in [0.1, 0.15) is 18.1 Å². The van der Waals surface area contributed by atoms with E-state index < -0.39 is 35.5 Å². The number of carbonyl (C=O) groups is 2. The molecule has 1 unspecified atom stereocenters. The van der Waals surface area contributed by atoms with Crippen molar-refractivity contribution in [3.8, 4) is 0 Å². The summed E-state index contributed by atoms with van der Waals surface area (Å²) >= 11 is 0. The number of unbranched alkanes of at least 4 members (excludes halogenated alkanes) is 3. The number of carbonyl (C=O) groups excluding carboxylic acids is 2. The highest BCUT2D eigenvalue weighted by atomic mass is 16.6. The van der Waals surface area contributed by atoms with Crippen LogP contribution >= 0.6 is 0 Å². The molecule has 0 spiro atoms. The van der Waals surface area contributed by atoms with Crippen molar-refractivity contribution in [3.63, 3.8) is 0 Å². The SMILES string of the molecule is CCCCCC[C@@H]1OC(=O)C([C@@]2(C(=O)OC)CC3c4ccccc4C2c2ccccc23)[C@@H]1O. The Morgan fingerprint density at radius 1 is 1.03 bits per heavy atom. The van der Waals surface area contributed by atoms with Gasteiger partial charge in [-0.15, -0.1) is 0 Å². The average Bonchev–Trinajstić information content (AvgIpc) is 3.14. The highest BCUT2D eigenvalue weighted by Gasteiger charge is 2.67. The molecule has 5 heteroatoms. The molecule has 33 heavy (non-hydrogen) atoms. The van der Waals surface area contributed by atoms with E-state index in [0.29, 0.717) is 12.8 Å². The normalized spacial score (nSPS) is 31.6. The van der Waals surface area contributed by atoms with Crippen molar-refractivity contribution in [3.05, 3.63) is 70.8 Å². The molecule has 0 saturated carbocycles. The quantitative estimate of drug-likeness (QED) is 0.491. The number of esters is 2. The Hall–Kier alpha value is -2.66. The first-order valence-corrected chi connectivity index (χ1v) is 12.2. The Morgan fingerprint density at radius 3 is 2.21 bits per heavy atom. The van der Waals surface area contributed by atoms with Crippen LogP contribution in [0.15, 0.2) is 48.5 Å². The van der Waals surface area contributed by atoms with Crippen LogP contribution in [0.4, 0.5) is 0 Å². The van der Waals surface area contributed by atoms with Crippen molar-refractivity contribution < 1.29 is 24.2 Å². The standard InChI is InChI=1S/C28H32O5/c1-3-4-5-6-15-22-25(29)24(26(30)33-22)28(27(31)32-2)16-21-17-11-7-9-13-19(17)23(28)20-14-10-8-12-18(20)21/h7-14,21-25,29H,3-6,15-16H2,1-2H3/t21?,22-,23?,24?,25+,28+/m0/s1. The topological polar surface area (TPSA) is 72.8 Å². The second-order valence-corrected chi connectivity index (χ2v) is 9.77. The summed E-state index contributed by atoms with van der Waals surface area (Å²) in [5, 5.41) is 11.4. The fraction of sp³-hybridized carbons (Fsp3) is 0.500. The van der Waals surface area contributed by atoms with Crippen LogP contribution in [0.3, 0.4) is 0 Å². The lowest BCUT2D eigenvalue weighted by Crippen LogP contribution is -2.55.